The van der Waals surface area contributed by atoms with E-state index in [1.807, 2.05) is 37.4 Å². The summed E-state index contributed by atoms with van der Waals surface area (Å²) in [7, 11) is 1.81. The fourth-order valence-electron chi connectivity index (χ4n) is 3.80. The van der Waals surface area contributed by atoms with Crippen LogP contribution in [0.25, 0.3) is 0 Å². The molecule has 0 aromatic heterocycles. The number of hydrogen-bond acceptors (Lipinski definition) is 2. The topological polar surface area (TPSA) is 49.4 Å². The van der Waals surface area contributed by atoms with Crippen LogP contribution in [-0.2, 0) is 9.59 Å². The SMILES string of the molecule is CN1C(=O)CCC(C(=O)NC2CCCC2)C1c1ccccc1. The Kier molecular flexibility index (Phi) is 4.46. The van der Waals surface area contributed by atoms with Crippen LogP contribution < -0.4 is 5.32 Å². The third-order valence-corrected chi connectivity index (χ3v) is 5.04. The van der Waals surface area contributed by atoms with Crippen molar-refractivity contribution in [1.29, 1.82) is 0 Å². The molecule has 1 aliphatic carbocycles. The van der Waals surface area contributed by atoms with Crippen LogP contribution in [0.1, 0.15) is 50.1 Å². The van der Waals surface area contributed by atoms with Crippen molar-refractivity contribution in [3.63, 3.8) is 0 Å². The molecule has 1 heterocycles. The number of likely N-dealkylation sites (tertiary alicyclic amines) is 1. The molecular formula is C18H24N2O2. The first-order chi connectivity index (χ1) is 10.7. The smallest absolute Gasteiger partial charge is 0.225 e. The van der Waals surface area contributed by atoms with Crippen molar-refractivity contribution in [2.75, 3.05) is 7.05 Å². The molecule has 1 aromatic rings. The molecule has 2 fully saturated rings. The molecule has 0 spiro atoms. The average molecular weight is 300 g/mol. The lowest BCUT2D eigenvalue weighted by Crippen LogP contribution is -2.48. The summed E-state index contributed by atoms with van der Waals surface area (Å²) >= 11 is 0. The molecule has 1 aliphatic heterocycles. The minimum Gasteiger partial charge on any atom is -0.353 e. The summed E-state index contributed by atoms with van der Waals surface area (Å²) in [5.41, 5.74) is 1.05. The Morgan fingerprint density at radius 3 is 2.50 bits per heavy atom. The Morgan fingerprint density at radius 1 is 1.14 bits per heavy atom. The summed E-state index contributed by atoms with van der Waals surface area (Å²) in [6.07, 6.45) is 5.68. The van der Waals surface area contributed by atoms with Gasteiger partial charge in [0.15, 0.2) is 0 Å². The minimum absolute atomic E-state index is 0.111. The summed E-state index contributed by atoms with van der Waals surface area (Å²) in [5, 5.41) is 3.21. The van der Waals surface area contributed by atoms with Crippen molar-refractivity contribution < 1.29 is 9.59 Å². The third-order valence-electron chi connectivity index (χ3n) is 5.04. The van der Waals surface area contributed by atoms with E-state index in [2.05, 4.69) is 5.32 Å². The first kappa shape index (κ1) is 15.1. The standard InChI is InChI=1S/C18H24N2O2/c1-20-16(21)12-11-15(17(20)13-7-3-2-4-8-13)18(22)19-14-9-5-6-10-14/h2-4,7-8,14-15,17H,5-6,9-12H2,1H3,(H,19,22). The van der Waals surface area contributed by atoms with Gasteiger partial charge in [-0.15, -0.1) is 0 Å². The molecule has 4 nitrogen and oxygen atoms in total. The number of rotatable bonds is 3. The highest BCUT2D eigenvalue weighted by Crippen LogP contribution is 2.36. The summed E-state index contributed by atoms with van der Waals surface area (Å²) in [6, 6.07) is 10.1. The zero-order valence-electron chi connectivity index (χ0n) is 13.1. The second-order valence-electron chi connectivity index (χ2n) is 6.50. The predicted octanol–water partition coefficient (Wildman–Crippen LogP) is 2.65. The molecule has 2 atom stereocenters. The lowest BCUT2D eigenvalue weighted by molar-refractivity contribution is -0.141. The number of carbonyl (C=O) groups excluding carboxylic acids is 2. The number of piperidine rings is 1. The molecule has 22 heavy (non-hydrogen) atoms. The van der Waals surface area contributed by atoms with Crippen LogP contribution in [0, 0.1) is 5.92 Å². The molecule has 1 N–H and O–H groups in total. The molecule has 3 rings (SSSR count). The maximum Gasteiger partial charge on any atom is 0.225 e. The van der Waals surface area contributed by atoms with Crippen LogP contribution in [-0.4, -0.2) is 29.8 Å². The quantitative estimate of drug-likeness (QED) is 0.933. The van der Waals surface area contributed by atoms with Gasteiger partial charge < -0.3 is 10.2 Å². The van der Waals surface area contributed by atoms with Crippen molar-refractivity contribution in [2.45, 2.75) is 50.6 Å². The Hall–Kier alpha value is -1.84. The van der Waals surface area contributed by atoms with Gasteiger partial charge in [0.2, 0.25) is 11.8 Å². The molecule has 4 heteroatoms. The van der Waals surface area contributed by atoms with Gasteiger partial charge in [0.1, 0.15) is 0 Å². The van der Waals surface area contributed by atoms with E-state index in [-0.39, 0.29) is 23.8 Å². The van der Waals surface area contributed by atoms with E-state index >= 15 is 0 Å². The van der Waals surface area contributed by atoms with E-state index in [1.54, 1.807) is 4.90 Å². The van der Waals surface area contributed by atoms with Gasteiger partial charge in [-0.25, -0.2) is 0 Å². The highest BCUT2D eigenvalue weighted by atomic mass is 16.2. The number of nitrogens with one attached hydrogen (secondary N) is 1. The molecule has 2 amide bonds. The summed E-state index contributed by atoms with van der Waals surface area (Å²) in [6.45, 7) is 0. The molecule has 1 saturated carbocycles. The first-order valence-corrected chi connectivity index (χ1v) is 8.28. The molecule has 2 aliphatic rings. The molecule has 1 aromatic carbocycles. The van der Waals surface area contributed by atoms with E-state index < -0.39 is 0 Å². The Labute approximate surface area is 131 Å². The van der Waals surface area contributed by atoms with Gasteiger partial charge in [-0.05, 0) is 24.8 Å². The van der Waals surface area contributed by atoms with E-state index in [0.29, 0.717) is 18.9 Å². The molecule has 2 unspecified atom stereocenters. The average Bonchev–Trinajstić information content (AvgIpc) is 3.03. The molecule has 1 saturated heterocycles. The van der Waals surface area contributed by atoms with Gasteiger partial charge >= 0.3 is 0 Å². The van der Waals surface area contributed by atoms with Crippen LogP contribution in [0.5, 0.6) is 0 Å². The van der Waals surface area contributed by atoms with Gasteiger partial charge in [-0.1, -0.05) is 43.2 Å². The molecule has 0 bridgehead atoms. The molecular weight excluding hydrogens is 276 g/mol. The van der Waals surface area contributed by atoms with Gasteiger partial charge in [0.05, 0.1) is 12.0 Å². The fraction of sp³-hybridized carbons (Fsp3) is 0.556. The van der Waals surface area contributed by atoms with Crippen LogP contribution in [0.15, 0.2) is 30.3 Å². The zero-order valence-corrected chi connectivity index (χ0v) is 13.1. The monoisotopic (exact) mass is 300 g/mol. The van der Waals surface area contributed by atoms with Crippen molar-refractivity contribution >= 4 is 11.8 Å². The first-order valence-electron chi connectivity index (χ1n) is 8.28. The van der Waals surface area contributed by atoms with E-state index in [1.165, 1.54) is 12.8 Å². The second kappa shape index (κ2) is 6.51. The lowest BCUT2D eigenvalue weighted by Gasteiger charge is -2.39. The lowest BCUT2D eigenvalue weighted by atomic mass is 9.84. The van der Waals surface area contributed by atoms with Crippen LogP contribution in [0.2, 0.25) is 0 Å². The summed E-state index contributed by atoms with van der Waals surface area (Å²) in [4.78, 5) is 26.6. The summed E-state index contributed by atoms with van der Waals surface area (Å²) < 4.78 is 0. The minimum atomic E-state index is -0.149. The Morgan fingerprint density at radius 2 is 1.82 bits per heavy atom. The van der Waals surface area contributed by atoms with Gasteiger partial charge in [-0.2, -0.15) is 0 Å². The number of nitrogens with zero attached hydrogens (tertiary/aromatic N) is 1. The van der Waals surface area contributed by atoms with Crippen LogP contribution >= 0.6 is 0 Å². The van der Waals surface area contributed by atoms with Crippen molar-refractivity contribution in [3.05, 3.63) is 35.9 Å². The van der Waals surface area contributed by atoms with Crippen molar-refractivity contribution in [2.24, 2.45) is 5.92 Å². The van der Waals surface area contributed by atoms with E-state index in [0.717, 1.165) is 18.4 Å². The van der Waals surface area contributed by atoms with Gasteiger partial charge in [-0.3, -0.25) is 9.59 Å². The zero-order chi connectivity index (χ0) is 15.5. The largest absolute Gasteiger partial charge is 0.353 e. The highest BCUT2D eigenvalue weighted by molar-refractivity contribution is 5.85. The number of hydrogen-bond donors (Lipinski definition) is 1. The second-order valence-corrected chi connectivity index (χ2v) is 6.50. The van der Waals surface area contributed by atoms with Crippen molar-refractivity contribution in [1.82, 2.24) is 10.2 Å². The summed E-state index contributed by atoms with van der Waals surface area (Å²) in [5.74, 6) is 0.0876. The Balaban J connectivity index is 1.80. The fourth-order valence-corrected chi connectivity index (χ4v) is 3.80. The van der Waals surface area contributed by atoms with Gasteiger partial charge in [0, 0.05) is 19.5 Å². The van der Waals surface area contributed by atoms with Gasteiger partial charge in [0.25, 0.3) is 0 Å². The van der Waals surface area contributed by atoms with E-state index in [9.17, 15) is 9.59 Å². The normalized spacial score (nSPS) is 26.2. The number of benzene rings is 1. The third kappa shape index (κ3) is 3.01. The highest BCUT2D eigenvalue weighted by Gasteiger charge is 2.39. The van der Waals surface area contributed by atoms with Crippen LogP contribution in [0.3, 0.4) is 0 Å². The molecule has 118 valence electrons. The Bertz CT molecular complexity index is 537. The van der Waals surface area contributed by atoms with Crippen LogP contribution in [0.4, 0.5) is 0 Å². The number of amides is 2. The number of carbonyl (C=O) groups is 2. The van der Waals surface area contributed by atoms with E-state index in [4.69, 9.17) is 0 Å². The maximum absolute atomic E-state index is 12.7. The molecule has 0 radical (unpaired) electrons. The maximum atomic E-state index is 12.7. The predicted molar refractivity (Wildman–Crippen MR) is 85.1 cm³/mol. The van der Waals surface area contributed by atoms with Crippen molar-refractivity contribution in [3.8, 4) is 0 Å².